The number of nitrogens with one attached hydrogen (secondary N) is 1. The number of ether oxygens (including phenoxy) is 1. The largest absolute Gasteiger partial charge is 0.442 e. The molecule has 0 unspecified atom stereocenters. The van der Waals surface area contributed by atoms with E-state index in [9.17, 15) is 4.79 Å². The number of nitrogen functional groups attached to an aromatic ring is 1. The Labute approximate surface area is 169 Å². The van der Waals surface area contributed by atoms with E-state index in [1.54, 1.807) is 13.0 Å². The first kappa shape index (κ1) is 20.3. The smallest absolute Gasteiger partial charge is 0.435 e. The van der Waals surface area contributed by atoms with Crippen LogP contribution in [0.3, 0.4) is 0 Å². The minimum absolute atomic E-state index is 0.359. The number of pyridine rings is 1. The summed E-state index contributed by atoms with van der Waals surface area (Å²) in [5.74, 6) is 1.05. The molecule has 2 heterocycles. The lowest BCUT2D eigenvalue weighted by Gasteiger charge is -2.19. The van der Waals surface area contributed by atoms with Crippen LogP contribution in [-0.2, 0) is 11.3 Å². The van der Waals surface area contributed by atoms with Gasteiger partial charge >= 0.3 is 6.09 Å². The number of carbonyl (C=O) groups is 1. The zero-order valence-electron chi connectivity index (χ0n) is 17.1. The van der Waals surface area contributed by atoms with E-state index in [2.05, 4.69) is 15.4 Å². The molecule has 0 spiro atoms. The number of benzene rings is 1. The lowest BCUT2D eigenvalue weighted by molar-refractivity contribution is 0.0511. The molecule has 8 heteroatoms. The monoisotopic (exact) mass is 394 g/mol. The Morgan fingerprint density at radius 1 is 1.17 bits per heavy atom. The zero-order valence-corrected chi connectivity index (χ0v) is 17.1. The summed E-state index contributed by atoms with van der Waals surface area (Å²) in [4.78, 5) is 17.0. The fourth-order valence-corrected chi connectivity index (χ4v) is 2.77. The Kier molecular flexibility index (Phi) is 5.56. The summed E-state index contributed by atoms with van der Waals surface area (Å²) in [7, 11) is 0. The fourth-order valence-electron chi connectivity index (χ4n) is 2.77. The van der Waals surface area contributed by atoms with Gasteiger partial charge in [0, 0.05) is 29.6 Å². The minimum atomic E-state index is -0.605. The summed E-state index contributed by atoms with van der Waals surface area (Å²) in [5.41, 5.74) is 15.0. The van der Waals surface area contributed by atoms with Crippen molar-refractivity contribution in [2.24, 2.45) is 5.73 Å². The van der Waals surface area contributed by atoms with Crippen LogP contribution in [0.5, 0.6) is 0 Å². The van der Waals surface area contributed by atoms with Crippen molar-refractivity contribution < 1.29 is 9.53 Å². The fraction of sp³-hybridized carbons (Fsp3) is 0.286. The number of aromatic nitrogens is 3. The topological polar surface area (TPSA) is 121 Å². The first-order valence-corrected chi connectivity index (χ1v) is 9.28. The molecule has 0 bridgehead atoms. The highest BCUT2D eigenvalue weighted by Gasteiger charge is 2.20. The second kappa shape index (κ2) is 7.92. The van der Waals surface area contributed by atoms with Gasteiger partial charge in [-0.25, -0.2) is 9.78 Å². The predicted molar refractivity (Wildman–Crippen MR) is 114 cm³/mol. The van der Waals surface area contributed by atoms with Crippen molar-refractivity contribution >= 4 is 23.4 Å². The molecule has 2 aromatic heterocycles. The number of hydrogen-bond acceptors (Lipinski definition) is 7. The molecule has 0 atom stereocenters. The molecule has 0 radical (unpaired) electrons. The molecular weight excluding hydrogens is 368 g/mol. The van der Waals surface area contributed by atoms with Crippen LogP contribution in [0.15, 0.2) is 42.5 Å². The van der Waals surface area contributed by atoms with E-state index in [1.807, 2.05) is 57.2 Å². The maximum atomic E-state index is 12.3. The van der Waals surface area contributed by atoms with Crippen molar-refractivity contribution in [3.05, 3.63) is 53.7 Å². The number of nitrogens with two attached hydrogens (primary N) is 2. The van der Waals surface area contributed by atoms with Gasteiger partial charge in [-0.3, -0.25) is 0 Å². The van der Waals surface area contributed by atoms with E-state index in [-0.39, 0.29) is 0 Å². The van der Waals surface area contributed by atoms with Gasteiger partial charge in [-0.15, -0.1) is 5.10 Å². The lowest BCUT2D eigenvalue weighted by atomic mass is 10.1. The molecule has 8 nitrogen and oxygen atoms in total. The van der Waals surface area contributed by atoms with E-state index < -0.39 is 11.7 Å². The second-order valence-electron chi connectivity index (χ2n) is 7.76. The number of aryl methyl sites for hydroxylation is 1. The number of rotatable bonds is 4. The zero-order chi connectivity index (χ0) is 21.2. The Morgan fingerprint density at radius 2 is 1.93 bits per heavy atom. The van der Waals surface area contributed by atoms with Crippen LogP contribution >= 0.6 is 0 Å². The molecule has 1 aromatic carbocycles. The normalized spacial score (nSPS) is 11.3. The third kappa shape index (κ3) is 5.11. The summed E-state index contributed by atoms with van der Waals surface area (Å²) >= 11 is 0. The Hall–Kier alpha value is -3.39. The Bertz CT molecular complexity index is 1040. The SMILES string of the molecule is Cc1cc(Nc2cc(CN)cc(-c3cccc(N)c3)n2)nn1C(=O)OC(C)(C)C. The highest BCUT2D eigenvalue weighted by Crippen LogP contribution is 2.25. The third-order valence-electron chi connectivity index (χ3n) is 4.01. The lowest BCUT2D eigenvalue weighted by Crippen LogP contribution is -2.28. The number of hydrogen-bond donors (Lipinski definition) is 3. The van der Waals surface area contributed by atoms with Crippen LogP contribution in [-0.4, -0.2) is 26.5 Å². The predicted octanol–water partition coefficient (Wildman–Crippen LogP) is 3.82. The first-order chi connectivity index (χ1) is 13.6. The van der Waals surface area contributed by atoms with E-state index in [1.165, 1.54) is 4.68 Å². The van der Waals surface area contributed by atoms with Crippen molar-refractivity contribution in [3.8, 4) is 11.3 Å². The summed E-state index contributed by atoms with van der Waals surface area (Å²) in [6, 6.07) is 13.0. The van der Waals surface area contributed by atoms with Crippen LogP contribution in [0.25, 0.3) is 11.3 Å². The molecule has 29 heavy (non-hydrogen) atoms. The average molecular weight is 394 g/mol. The molecule has 152 valence electrons. The Balaban J connectivity index is 1.90. The van der Waals surface area contributed by atoms with Gasteiger partial charge in [0.1, 0.15) is 11.4 Å². The Morgan fingerprint density at radius 3 is 2.59 bits per heavy atom. The van der Waals surface area contributed by atoms with Gasteiger partial charge in [-0.2, -0.15) is 4.68 Å². The summed E-state index contributed by atoms with van der Waals surface area (Å²) in [6.07, 6.45) is -0.535. The molecule has 0 aliphatic heterocycles. The summed E-state index contributed by atoms with van der Waals surface area (Å²) in [5, 5.41) is 7.45. The molecular formula is C21H26N6O2. The van der Waals surface area contributed by atoms with Gasteiger partial charge in [0.2, 0.25) is 0 Å². The second-order valence-corrected chi connectivity index (χ2v) is 7.76. The van der Waals surface area contributed by atoms with Crippen molar-refractivity contribution in [2.75, 3.05) is 11.1 Å². The molecule has 0 aliphatic carbocycles. The van der Waals surface area contributed by atoms with Crippen LogP contribution in [0.2, 0.25) is 0 Å². The van der Waals surface area contributed by atoms with Crippen molar-refractivity contribution in [1.29, 1.82) is 0 Å². The van der Waals surface area contributed by atoms with Gasteiger partial charge in [0.05, 0.1) is 5.69 Å². The van der Waals surface area contributed by atoms with Crippen molar-refractivity contribution in [2.45, 2.75) is 39.8 Å². The standard InChI is InChI=1S/C21H26N6O2/c1-13-8-19(26-27(13)20(28)29-21(2,3)4)25-18-10-14(12-22)9-17(24-18)15-6-5-7-16(23)11-15/h5-11H,12,22-23H2,1-4H3,(H,24,25,26). The van der Waals surface area contributed by atoms with Gasteiger partial charge < -0.3 is 21.5 Å². The number of anilines is 3. The van der Waals surface area contributed by atoms with Gasteiger partial charge in [0.25, 0.3) is 0 Å². The van der Waals surface area contributed by atoms with Crippen molar-refractivity contribution in [3.63, 3.8) is 0 Å². The quantitative estimate of drug-likeness (QED) is 0.575. The number of nitrogens with zero attached hydrogens (tertiary/aromatic N) is 3. The van der Waals surface area contributed by atoms with Crippen molar-refractivity contribution in [1.82, 2.24) is 14.8 Å². The van der Waals surface area contributed by atoms with E-state index in [4.69, 9.17) is 16.2 Å². The summed E-state index contributed by atoms with van der Waals surface area (Å²) in [6.45, 7) is 7.57. The van der Waals surface area contributed by atoms with Crippen LogP contribution in [0, 0.1) is 6.92 Å². The van der Waals surface area contributed by atoms with Crippen LogP contribution in [0.1, 0.15) is 32.0 Å². The molecule has 0 fully saturated rings. The minimum Gasteiger partial charge on any atom is -0.442 e. The molecule has 5 N–H and O–H groups in total. The average Bonchev–Trinajstić information content (AvgIpc) is 3.00. The molecule has 3 rings (SSSR count). The molecule has 0 saturated carbocycles. The van der Waals surface area contributed by atoms with Crippen LogP contribution < -0.4 is 16.8 Å². The molecule has 0 aliphatic rings. The first-order valence-electron chi connectivity index (χ1n) is 9.28. The van der Waals surface area contributed by atoms with E-state index in [0.29, 0.717) is 29.6 Å². The molecule has 0 amide bonds. The van der Waals surface area contributed by atoms with Crippen LogP contribution in [0.4, 0.5) is 22.1 Å². The highest BCUT2D eigenvalue weighted by atomic mass is 16.6. The number of carbonyl (C=O) groups excluding carboxylic acids is 1. The third-order valence-corrected chi connectivity index (χ3v) is 4.01. The molecule has 3 aromatic rings. The van der Waals surface area contributed by atoms with Gasteiger partial charge in [0.15, 0.2) is 5.82 Å². The maximum Gasteiger partial charge on any atom is 0.435 e. The molecule has 0 saturated heterocycles. The van der Waals surface area contributed by atoms with E-state index in [0.717, 1.165) is 16.8 Å². The van der Waals surface area contributed by atoms with Gasteiger partial charge in [-0.1, -0.05) is 12.1 Å². The van der Waals surface area contributed by atoms with E-state index >= 15 is 0 Å². The maximum absolute atomic E-state index is 12.3. The highest BCUT2D eigenvalue weighted by molar-refractivity contribution is 5.72. The van der Waals surface area contributed by atoms with Gasteiger partial charge in [-0.05, 0) is 57.5 Å². The summed E-state index contributed by atoms with van der Waals surface area (Å²) < 4.78 is 6.60.